The normalized spacial score (nSPS) is 16.8. The van der Waals surface area contributed by atoms with Gasteiger partial charge < -0.3 is 56.8 Å². The van der Waals surface area contributed by atoms with Gasteiger partial charge in [0.15, 0.2) is 0 Å². The fourth-order valence-electron chi connectivity index (χ4n) is 7.11. The van der Waals surface area contributed by atoms with Gasteiger partial charge >= 0.3 is 12.0 Å². The quantitative estimate of drug-likeness (QED) is 0.0777. The first-order valence-corrected chi connectivity index (χ1v) is 21.5. The van der Waals surface area contributed by atoms with Crippen LogP contribution >= 0.6 is 0 Å². The molecule has 342 valence electrons. The van der Waals surface area contributed by atoms with E-state index in [1.54, 1.807) is 0 Å². The molecule has 7 amide bonds. The highest BCUT2D eigenvalue weighted by molar-refractivity contribution is 5.96. The zero-order valence-electron chi connectivity index (χ0n) is 36.3. The summed E-state index contributed by atoms with van der Waals surface area (Å²) in [7, 11) is 2.62. The van der Waals surface area contributed by atoms with Gasteiger partial charge in [-0.05, 0) is 48.7 Å². The van der Waals surface area contributed by atoms with Crippen molar-refractivity contribution in [2.75, 3.05) is 40.3 Å². The second kappa shape index (κ2) is 25.8. The summed E-state index contributed by atoms with van der Waals surface area (Å²) in [4.78, 5) is 92.9. The van der Waals surface area contributed by atoms with Crippen molar-refractivity contribution in [2.45, 2.75) is 121 Å². The number of carboxylic acid groups (broad SMARTS) is 1. The summed E-state index contributed by atoms with van der Waals surface area (Å²) in [6, 6.07) is 2.20. The number of fused-ring (bicyclic) bond motifs is 5. The molecule has 18 heteroatoms. The van der Waals surface area contributed by atoms with Gasteiger partial charge in [-0.1, -0.05) is 89.7 Å². The molecule has 0 fully saturated rings. The number of aromatic hydroxyl groups is 2. The minimum atomic E-state index is -1.47. The fraction of sp³-hybridized carbons (Fsp3) is 0.568. The molecule has 2 aromatic carbocycles. The van der Waals surface area contributed by atoms with Crippen molar-refractivity contribution >= 4 is 41.5 Å². The molecule has 4 atom stereocenters. The largest absolute Gasteiger partial charge is 0.507 e. The third-order valence-corrected chi connectivity index (χ3v) is 11.0. The maximum atomic E-state index is 13.8. The lowest BCUT2D eigenvalue weighted by Gasteiger charge is -2.30. The van der Waals surface area contributed by atoms with Gasteiger partial charge in [0.05, 0.1) is 19.7 Å². The highest BCUT2D eigenvalue weighted by Gasteiger charge is 2.33. The molecule has 0 spiro atoms. The van der Waals surface area contributed by atoms with E-state index in [9.17, 15) is 54.0 Å². The number of carbonyl (C=O) groups is 7. The summed E-state index contributed by atoms with van der Waals surface area (Å²) in [5.74, 6) is -5.99. The molecule has 18 nitrogen and oxygen atoms in total. The number of nitrogens with zero attached hydrogens (tertiary/aromatic N) is 2. The number of unbranched alkanes of at least 4 members (excludes halogenated alkanes) is 11. The molecule has 0 saturated heterocycles. The van der Waals surface area contributed by atoms with Crippen LogP contribution in [0.3, 0.4) is 0 Å². The van der Waals surface area contributed by atoms with E-state index in [0.717, 1.165) is 35.5 Å². The van der Waals surface area contributed by atoms with Crippen molar-refractivity contribution in [2.24, 2.45) is 0 Å². The average Bonchev–Trinajstić information content (AvgIpc) is 3.24. The van der Waals surface area contributed by atoms with Gasteiger partial charge in [0.1, 0.15) is 35.7 Å². The van der Waals surface area contributed by atoms with Crippen LogP contribution in [0.25, 0.3) is 11.1 Å². The van der Waals surface area contributed by atoms with Gasteiger partial charge in [0.25, 0.3) is 0 Å². The van der Waals surface area contributed by atoms with Crippen LogP contribution in [0.1, 0.15) is 108 Å². The second-order valence-corrected chi connectivity index (χ2v) is 15.8. The minimum absolute atomic E-state index is 0.0643. The van der Waals surface area contributed by atoms with E-state index in [0.29, 0.717) is 12.1 Å². The number of aliphatic hydroxyl groups is 1. The Morgan fingerprint density at radius 1 is 0.758 bits per heavy atom. The molecule has 4 unspecified atom stereocenters. The molecule has 2 aromatic rings. The Morgan fingerprint density at radius 3 is 1.94 bits per heavy atom. The number of phenols is 2. The number of phenolic OH excluding ortho intramolecular Hbond substituents is 2. The molecular weight excluding hydrogens is 803 g/mol. The van der Waals surface area contributed by atoms with E-state index in [2.05, 4.69) is 33.5 Å². The number of amides is 7. The van der Waals surface area contributed by atoms with Crippen molar-refractivity contribution < 1.29 is 54.0 Å². The Hall–Kier alpha value is -5.91. The summed E-state index contributed by atoms with van der Waals surface area (Å²) in [6.45, 7) is 1.97. The lowest BCUT2D eigenvalue weighted by Crippen LogP contribution is -2.54. The van der Waals surface area contributed by atoms with Crippen molar-refractivity contribution in [3.05, 3.63) is 47.5 Å². The highest BCUT2D eigenvalue weighted by Crippen LogP contribution is 2.38. The zero-order chi connectivity index (χ0) is 45.8. The lowest BCUT2D eigenvalue weighted by atomic mass is 9.94. The lowest BCUT2D eigenvalue weighted by molar-refractivity contribution is -0.143. The molecule has 3 rings (SSSR count). The molecule has 0 radical (unpaired) electrons. The van der Waals surface area contributed by atoms with Gasteiger partial charge in [-0.25, -0.2) is 9.59 Å². The number of carboxylic acids is 1. The number of nitrogens with one attached hydrogen (secondary N) is 5. The third kappa shape index (κ3) is 15.5. The maximum absolute atomic E-state index is 13.8. The number of likely N-dealkylation sites (N-methyl/N-ethyl adjacent to an activating group) is 2. The molecule has 0 aromatic heterocycles. The molecular formula is C44H65N7O11. The van der Waals surface area contributed by atoms with Crippen LogP contribution in [-0.2, 0) is 35.2 Å². The van der Waals surface area contributed by atoms with E-state index in [1.807, 2.05) is 0 Å². The van der Waals surface area contributed by atoms with Gasteiger partial charge in [-0.15, -0.1) is 0 Å². The Balaban J connectivity index is 1.57. The molecule has 9 N–H and O–H groups in total. The number of benzene rings is 2. The van der Waals surface area contributed by atoms with Gasteiger partial charge in [0.2, 0.25) is 29.5 Å². The molecule has 0 saturated carbocycles. The van der Waals surface area contributed by atoms with Crippen LogP contribution in [0.4, 0.5) is 4.79 Å². The number of rotatable bonds is 22. The predicted octanol–water partition coefficient (Wildman–Crippen LogP) is 2.83. The molecule has 1 aliphatic rings. The average molecular weight is 868 g/mol. The Bertz CT molecular complexity index is 1860. The van der Waals surface area contributed by atoms with Crippen LogP contribution < -0.4 is 26.6 Å². The minimum Gasteiger partial charge on any atom is -0.507 e. The molecule has 1 heterocycles. The van der Waals surface area contributed by atoms with Gasteiger partial charge in [0, 0.05) is 38.2 Å². The standard InChI is InChI=1S/C44H65N7O11/c1-5-6-7-8-9-10-11-12-13-14-15-16-21-45-44(62)50(3)34(27-52)41(58)47-25-37(55)46-26-38(56)51(4)39-30-18-20-36(54)32(24-30)31-22-29(17-19-35(31)53)23-33(43(60)61)49-40(57)28(2)48-42(39)59/h17-20,22,24,28,33-34,39,52-54H,5-16,21,23,25-27H2,1-4H3,(H,45,62)(H,46,55)(H,47,58)(H,48,59)(H,49,57)(H,60,61). The SMILES string of the molecule is CCCCCCCCCCCCCCNC(=O)N(C)C(CO)C(=O)NCC(=O)NCC(=O)N(C)C1C(=O)NC(C)C(=O)NC(C(=O)O)Cc2ccc(O)c(c2)-c2cc1ccc2O. The van der Waals surface area contributed by atoms with E-state index < -0.39 is 85.4 Å². The Morgan fingerprint density at radius 2 is 1.34 bits per heavy atom. The number of urea groups is 1. The predicted molar refractivity (Wildman–Crippen MR) is 231 cm³/mol. The van der Waals surface area contributed by atoms with Crippen LogP contribution in [0.2, 0.25) is 0 Å². The Kier molecular flexibility index (Phi) is 21.0. The first-order chi connectivity index (χ1) is 29.6. The van der Waals surface area contributed by atoms with Crippen molar-refractivity contribution in [1.29, 1.82) is 0 Å². The smallest absolute Gasteiger partial charge is 0.326 e. The molecule has 1 aliphatic heterocycles. The van der Waals surface area contributed by atoms with Crippen LogP contribution in [0.5, 0.6) is 11.5 Å². The number of aliphatic hydroxyl groups excluding tert-OH is 1. The first-order valence-electron chi connectivity index (χ1n) is 21.5. The molecule has 62 heavy (non-hydrogen) atoms. The summed E-state index contributed by atoms with van der Waals surface area (Å²) in [5, 5.41) is 53.6. The topological polar surface area (TPSA) is 267 Å². The number of hydrogen-bond acceptors (Lipinski definition) is 10. The number of hydrogen-bond donors (Lipinski definition) is 9. The Labute approximate surface area is 363 Å². The second-order valence-electron chi connectivity index (χ2n) is 15.8. The number of carbonyl (C=O) groups excluding carboxylic acids is 6. The van der Waals surface area contributed by atoms with Crippen molar-refractivity contribution in [1.82, 2.24) is 36.4 Å². The third-order valence-electron chi connectivity index (χ3n) is 11.0. The van der Waals surface area contributed by atoms with E-state index in [4.69, 9.17) is 0 Å². The van der Waals surface area contributed by atoms with Gasteiger partial charge in [-0.2, -0.15) is 0 Å². The highest BCUT2D eigenvalue weighted by atomic mass is 16.4. The summed E-state index contributed by atoms with van der Waals surface area (Å²) >= 11 is 0. The van der Waals surface area contributed by atoms with E-state index in [1.165, 1.54) is 109 Å². The monoisotopic (exact) mass is 867 g/mol. The van der Waals surface area contributed by atoms with Crippen LogP contribution in [0.15, 0.2) is 36.4 Å². The number of aliphatic carboxylic acids is 1. The summed E-state index contributed by atoms with van der Waals surface area (Å²) in [6.07, 6.45) is 14.0. The van der Waals surface area contributed by atoms with E-state index >= 15 is 0 Å². The van der Waals surface area contributed by atoms with Gasteiger partial charge in [-0.3, -0.25) is 24.0 Å². The summed E-state index contributed by atoms with van der Waals surface area (Å²) in [5.41, 5.74) is 0.717. The summed E-state index contributed by atoms with van der Waals surface area (Å²) < 4.78 is 0. The van der Waals surface area contributed by atoms with Crippen molar-refractivity contribution in [3.8, 4) is 22.6 Å². The van der Waals surface area contributed by atoms with E-state index in [-0.39, 0.29) is 34.6 Å². The molecule has 0 aliphatic carbocycles. The fourth-order valence-corrected chi connectivity index (χ4v) is 7.11. The zero-order valence-corrected chi connectivity index (χ0v) is 36.3. The maximum Gasteiger partial charge on any atom is 0.326 e. The van der Waals surface area contributed by atoms with Crippen LogP contribution in [0, 0.1) is 0 Å². The van der Waals surface area contributed by atoms with Crippen LogP contribution in [-0.4, -0.2) is 130 Å². The van der Waals surface area contributed by atoms with Crippen molar-refractivity contribution in [3.63, 3.8) is 0 Å². The molecule has 4 bridgehead atoms. The first kappa shape index (κ1) is 50.4.